The molecule has 0 saturated carbocycles. The molecule has 74 valence electrons. The van der Waals surface area contributed by atoms with Gasteiger partial charge < -0.3 is 9.80 Å². The molecule has 2 saturated heterocycles. The molecule has 0 aromatic carbocycles. The number of likely N-dealkylation sites (N-methyl/N-ethyl adjacent to an activating group) is 2. The Hall–Kier alpha value is -0.780. The summed E-state index contributed by atoms with van der Waals surface area (Å²) >= 11 is 0. The molecule has 2 aliphatic heterocycles. The third-order valence-electron chi connectivity index (χ3n) is 2.89. The Kier molecular flexibility index (Phi) is 1.61. The Balaban J connectivity index is 2.33. The Morgan fingerprint density at radius 3 is 1.92 bits per heavy atom. The number of nitrogens with zero attached hydrogens (tertiary/aromatic N) is 2. The molecular weight excluding hydrogens is 192 g/mol. The number of amides is 2. The quantitative estimate of drug-likeness (QED) is 0.483. The van der Waals surface area contributed by atoms with Crippen LogP contribution in [-0.4, -0.2) is 61.9 Å². The van der Waals surface area contributed by atoms with Crippen LogP contribution in [0.5, 0.6) is 0 Å². The van der Waals surface area contributed by atoms with Gasteiger partial charge in [0.1, 0.15) is 0 Å². The van der Waals surface area contributed by atoms with Gasteiger partial charge in [-0.25, -0.2) is 13.2 Å². The Labute approximate surface area is 77.2 Å². The van der Waals surface area contributed by atoms with E-state index < -0.39 is 9.84 Å². The van der Waals surface area contributed by atoms with Crippen LogP contribution in [0.1, 0.15) is 0 Å². The van der Waals surface area contributed by atoms with Crippen molar-refractivity contribution in [2.45, 2.75) is 12.1 Å². The van der Waals surface area contributed by atoms with Crippen LogP contribution in [0.3, 0.4) is 0 Å². The van der Waals surface area contributed by atoms with Crippen LogP contribution in [0.25, 0.3) is 0 Å². The predicted molar refractivity (Wildman–Crippen MR) is 47.2 cm³/mol. The van der Waals surface area contributed by atoms with Gasteiger partial charge in [0.25, 0.3) is 0 Å². The van der Waals surface area contributed by atoms with Gasteiger partial charge in [-0.2, -0.15) is 0 Å². The van der Waals surface area contributed by atoms with E-state index in [2.05, 4.69) is 0 Å². The SMILES string of the molecule is CN1C(=O)N(C)[C@@H]2CS(=O)(=O)C[C@H]21. The normalized spacial score (nSPS) is 36.9. The fourth-order valence-corrected chi connectivity index (χ4v) is 4.15. The third-order valence-corrected chi connectivity index (χ3v) is 4.59. The van der Waals surface area contributed by atoms with Gasteiger partial charge in [0.2, 0.25) is 0 Å². The molecule has 0 unspecified atom stereocenters. The molecule has 2 heterocycles. The number of carbonyl (C=O) groups is 1. The molecule has 2 atom stereocenters. The monoisotopic (exact) mass is 204 g/mol. The van der Waals surface area contributed by atoms with E-state index in [9.17, 15) is 13.2 Å². The maximum atomic E-state index is 11.4. The van der Waals surface area contributed by atoms with E-state index in [1.807, 2.05) is 0 Å². The van der Waals surface area contributed by atoms with E-state index in [0.717, 1.165) is 0 Å². The predicted octanol–water partition coefficient (Wildman–Crippen LogP) is -0.851. The summed E-state index contributed by atoms with van der Waals surface area (Å²) < 4.78 is 22.6. The maximum Gasteiger partial charge on any atom is 0.320 e. The van der Waals surface area contributed by atoms with Crippen molar-refractivity contribution < 1.29 is 13.2 Å². The van der Waals surface area contributed by atoms with Gasteiger partial charge in [-0.3, -0.25) is 0 Å². The highest BCUT2D eigenvalue weighted by atomic mass is 32.2. The molecular formula is C7H12N2O3S. The first-order valence-corrected chi connectivity index (χ1v) is 5.94. The first-order chi connectivity index (χ1) is 5.92. The lowest BCUT2D eigenvalue weighted by Gasteiger charge is -2.14. The van der Waals surface area contributed by atoms with Crippen molar-refractivity contribution in [2.24, 2.45) is 0 Å². The number of hydrogen-bond donors (Lipinski definition) is 0. The Morgan fingerprint density at radius 1 is 1.15 bits per heavy atom. The molecule has 0 aromatic rings. The van der Waals surface area contributed by atoms with Gasteiger partial charge in [0.15, 0.2) is 9.84 Å². The lowest BCUT2D eigenvalue weighted by molar-refractivity contribution is 0.200. The zero-order valence-electron chi connectivity index (χ0n) is 7.60. The fraction of sp³-hybridized carbons (Fsp3) is 0.857. The molecule has 2 fully saturated rings. The van der Waals surface area contributed by atoms with Crippen molar-refractivity contribution in [3.05, 3.63) is 0 Å². The number of urea groups is 1. The minimum atomic E-state index is -2.93. The van der Waals surface area contributed by atoms with E-state index in [1.165, 1.54) is 9.80 Å². The molecule has 2 amide bonds. The van der Waals surface area contributed by atoms with E-state index in [1.54, 1.807) is 14.1 Å². The summed E-state index contributed by atoms with van der Waals surface area (Å²) in [5, 5.41) is 0. The summed E-state index contributed by atoms with van der Waals surface area (Å²) in [7, 11) is 0.384. The van der Waals surface area contributed by atoms with E-state index in [-0.39, 0.29) is 29.6 Å². The van der Waals surface area contributed by atoms with Crippen molar-refractivity contribution in [2.75, 3.05) is 25.6 Å². The highest BCUT2D eigenvalue weighted by molar-refractivity contribution is 7.91. The molecule has 0 aromatic heterocycles. The molecule has 0 radical (unpaired) electrons. The van der Waals surface area contributed by atoms with Gasteiger partial charge >= 0.3 is 6.03 Å². The van der Waals surface area contributed by atoms with Crippen LogP contribution in [-0.2, 0) is 9.84 Å². The van der Waals surface area contributed by atoms with Gasteiger partial charge in [-0.05, 0) is 0 Å². The molecule has 0 bridgehead atoms. The molecule has 2 rings (SSSR count). The standard InChI is InChI=1S/C7H12N2O3S/c1-8-5-3-13(11,12)4-6(5)9(2)7(8)10/h5-6H,3-4H2,1-2H3/t5-,6-/m1/s1. The first-order valence-electron chi connectivity index (χ1n) is 4.12. The summed E-state index contributed by atoms with van der Waals surface area (Å²) in [6, 6.07) is -0.352. The zero-order valence-corrected chi connectivity index (χ0v) is 8.41. The van der Waals surface area contributed by atoms with Crippen molar-refractivity contribution in [1.82, 2.24) is 9.80 Å². The average Bonchev–Trinajstić information content (AvgIpc) is 2.44. The molecule has 5 nitrogen and oxygen atoms in total. The first kappa shape index (κ1) is 8.80. The van der Waals surface area contributed by atoms with E-state index in [0.29, 0.717) is 0 Å². The number of sulfone groups is 1. The fourth-order valence-electron chi connectivity index (χ4n) is 2.08. The van der Waals surface area contributed by atoms with Crippen molar-refractivity contribution in [1.29, 1.82) is 0 Å². The Bertz CT molecular complexity index is 325. The zero-order chi connectivity index (χ0) is 9.80. The largest absolute Gasteiger partial charge is 0.322 e. The average molecular weight is 204 g/mol. The van der Waals surface area contributed by atoms with E-state index in [4.69, 9.17) is 0 Å². The van der Waals surface area contributed by atoms with Crippen LogP contribution in [0.2, 0.25) is 0 Å². The number of hydrogen-bond acceptors (Lipinski definition) is 3. The topological polar surface area (TPSA) is 57.7 Å². The third kappa shape index (κ3) is 1.12. The highest BCUT2D eigenvalue weighted by Gasteiger charge is 2.50. The van der Waals surface area contributed by atoms with Crippen molar-refractivity contribution in [3.8, 4) is 0 Å². The summed E-state index contributed by atoms with van der Waals surface area (Å²) in [6.45, 7) is 0. The molecule has 6 heteroatoms. The van der Waals surface area contributed by atoms with Gasteiger partial charge in [0.05, 0.1) is 23.6 Å². The summed E-state index contributed by atoms with van der Waals surface area (Å²) in [5.41, 5.74) is 0. The number of carbonyl (C=O) groups excluding carboxylic acids is 1. The smallest absolute Gasteiger partial charge is 0.320 e. The second kappa shape index (κ2) is 2.37. The molecule has 0 aliphatic carbocycles. The maximum absolute atomic E-state index is 11.4. The van der Waals surface area contributed by atoms with Gasteiger partial charge in [-0.15, -0.1) is 0 Å². The second-order valence-corrected chi connectivity index (χ2v) is 5.87. The highest BCUT2D eigenvalue weighted by Crippen LogP contribution is 2.28. The molecule has 0 N–H and O–H groups in total. The van der Waals surface area contributed by atoms with Gasteiger partial charge in [-0.1, -0.05) is 0 Å². The minimum Gasteiger partial charge on any atom is -0.322 e. The van der Waals surface area contributed by atoms with Crippen molar-refractivity contribution in [3.63, 3.8) is 0 Å². The lowest BCUT2D eigenvalue weighted by Crippen LogP contribution is -2.33. The number of fused-ring (bicyclic) bond motifs is 1. The van der Waals surface area contributed by atoms with Crippen LogP contribution in [0.15, 0.2) is 0 Å². The van der Waals surface area contributed by atoms with Gasteiger partial charge in [0, 0.05) is 14.1 Å². The van der Waals surface area contributed by atoms with E-state index >= 15 is 0 Å². The second-order valence-electron chi connectivity index (χ2n) is 3.72. The Morgan fingerprint density at radius 2 is 1.54 bits per heavy atom. The van der Waals surface area contributed by atoms with Crippen LogP contribution in [0, 0.1) is 0 Å². The van der Waals surface area contributed by atoms with Crippen LogP contribution >= 0.6 is 0 Å². The summed E-state index contributed by atoms with van der Waals surface area (Å²) in [4.78, 5) is 14.4. The number of rotatable bonds is 0. The molecule has 2 aliphatic rings. The summed E-state index contributed by atoms with van der Waals surface area (Å²) in [6.07, 6.45) is 0. The van der Waals surface area contributed by atoms with Crippen molar-refractivity contribution >= 4 is 15.9 Å². The molecule has 13 heavy (non-hydrogen) atoms. The lowest BCUT2D eigenvalue weighted by atomic mass is 10.2. The molecule has 0 spiro atoms. The van der Waals surface area contributed by atoms with Crippen LogP contribution in [0.4, 0.5) is 4.79 Å². The summed E-state index contributed by atoms with van der Waals surface area (Å²) in [5.74, 6) is 0.231. The van der Waals surface area contributed by atoms with Crippen LogP contribution < -0.4 is 0 Å². The minimum absolute atomic E-state index is 0.0788.